The van der Waals surface area contributed by atoms with Gasteiger partial charge >= 0.3 is 6.18 Å². The smallest absolute Gasteiger partial charge is 0.378 e. The molecule has 1 aromatic carbocycles. The summed E-state index contributed by atoms with van der Waals surface area (Å²) in [5.41, 5.74) is 1.42. The van der Waals surface area contributed by atoms with Crippen molar-refractivity contribution in [2.75, 3.05) is 5.32 Å². The van der Waals surface area contributed by atoms with Gasteiger partial charge in [-0.1, -0.05) is 43.6 Å². The van der Waals surface area contributed by atoms with Crippen LogP contribution in [-0.4, -0.2) is 14.6 Å². The highest BCUT2D eigenvalue weighted by atomic mass is 35.5. The molecule has 0 unspecified atom stereocenters. The van der Waals surface area contributed by atoms with Gasteiger partial charge in [-0.3, -0.25) is 0 Å². The number of nitrogens with zero attached hydrogens (tertiary/aromatic N) is 3. The molecule has 0 aliphatic heterocycles. The minimum atomic E-state index is -4.40. The van der Waals surface area contributed by atoms with E-state index in [1.807, 2.05) is 13.8 Å². The summed E-state index contributed by atoms with van der Waals surface area (Å²) in [4.78, 5) is 4.32. The highest BCUT2D eigenvalue weighted by molar-refractivity contribution is 6.29. The zero-order valence-corrected chi connectivity index (χ0v) is 14.4. The molecule has 1 N–H and O–H groups in total. The lowest BCUT2D eigenvalue weighted by atomic mass is 10.1. The summed E-state index contributed by atoms with van der Waals surface area (Å²) >= 11 is 6.06. The van der Waals surface area contributed by atoms with E-state index in [9.17, 15) is 13.2 Å². The van der Waals surface area contributed by atoms with E-state index in [-0.39, 0.29) is 23.2 Å². The van der Waals surface area contributed by atoms with Crippen LogP contribution in [0.5, 0.6) is 0 Å². The summed E-state index contributed by atoms with van der Waals surface area (Å²) in [6.45, 7) is 3.99. The van der Waals surface area contributed by atoms with Crippen LogP contribution in [0.2, 0.25) is 5.15 Å². The standard InChI is InChI=1S/C17H16ClF3N4/c1-10(2)14-9-23-16-13(7-15(18)24-25(14)16)22-8-11-5-3-4-6-12(11)17(19,20)21/h3-7,9-10,22H,8H2,1-2H3. The Labute approximate surface area is 147 Å². The maximum absolute atomic E-state index is 13.1. The van der Waals surface area contributed by atoms with Crippen molar-refractivity contribution >= 4 is 22.9 Å². The fourth-order valence-corrected chi connectivity index (χ4v) is 2.81. The molecule has 132 valence electrons. The van der Waals surface area contributed by atoms with Crippen LogP contribution in [0.4, 0.5) is 18.9 Å². The number of hydrogen-bond donors (Lipinski definition) is 1. The van der Waals surface area contributed by atoms with Crippen LogP contribution in [0.15, 0.2) is 36.5 Å². The summed E-state index contributed by atoms with van der Waals surface area (Å²) in [6.07, 6.45) is -2.71. The Balaban J connectivity index is 1.95. The van der Waals surface area contributed by atoms with Crippen LogP contribution in [0.1, 0.15) is 36.6 Å². The molecule has 3 rings (SSSR count). The molecule has 0 atom stereocenters. The van der Waals surface area contributed by atoms with Gasteiger partial charge < -0.3 is 5.32 Å². The SMILES string of the molecule is CC(C)c1cnc2c(NCc3ccccc3C(F)(F)F)cc(Cl)nn12. The van der Waals surface area contributed by atoms with Crippen LogP contribution in [-0.2, 0) is 12.7 Å². The number of halogens is 4. The van der Waals surface area contributed by atoms with Gasteiger partial charge in [-0.15, -0.1) is 0 Å². The van der Waals surface area contributed by atoms with Crippen molar-refractivity contribution in [1.82, 2.24) is 14.6 Å². The molecule has 4 nitrogen and oxygen atoms in total. The number of alkyl halides is 3. The number of rotatable bonds is 4. The number of anilines is 1. The van der Waals surface area contributed by atoms with Crippen molar-refractivity contribution in [2.45, 2.75) is 32.5 Å². The lowest BCUT2D eigenvalue weighted by Gasteiger charge is -2.14. The topological polar surface area (TPSA) is 42.2 Å². The van der Waals surface area contributed by atoms with Crippen LogP contribution in [0, 0.1) is 0 Å². The molecule has 0 aliphatic rings. The number of nitrogens with one attached hydrogen (secondary N) is 1. The Morgan fingerprint density at radius 2 is 1.96 bits per heavy atom. The summed E-state index contributed by atoms with van der Waals surface area (Å²) in [5, 5.41) is 7.47. The third kappa shape index (κ3) is 3.56. The first-order valence-electron chi connectivity index (χ1n) is 7.70. The van der Waals surface area contributed by atoms with Crippen molar-refractivity contribution < 1.29 is 13.2 Å². The third-order valence-corrected chi connectivity index (χ3v) is 4.03. The van der Waals surface area contributed by atoms with Gasteiger partial charge in [-0.05, 0) is 17.5 Å². The van der Waals surface area contributed by atoms with E-state index < -0.39 is 11.7 Å². The maximum atomic E-state index is 13.1. The monoisotopic (exact) mass is 368 g/mol. The number of imidazole rings is 1. The Kier molecular flexibility index (Phi) is 4.60. The number of benzene rings is 1. The average molecular weight is 369 g/mol. The molecule has 8 heteroatoms. The van der Waals surface area contributed by atoms with Gasteiger partial charge in [0, 0.05) is 12.6 Å². The van der Waals surface area contributed by atoms with Crippen molar-refractivity contribution in [1.29, 1.82) is 0 Å². The van der Waals surface area contributed by atoms with Crippen LogP contribution < -0.4 is 5.32 Å². The second kappa shape index (κ2) is 6.55. The first-order valence-corrected chi connectivity index (χ1v) is 8.08. The molecule has 0 fully saturated rings. The van der Waals surface area contributed by atoms with Crippen LogP contribution in [0.3, 0.4) is 0 Å². The van der Waals surface area contributed by atoms with Gasteiger partial charge in [0.05, 0.1) is 23.1 Å². The Bertz CT molecular complexity index is 903. The first kappa shape index (κ1) is 17.5. The minimum Gasteiger partial charge on any atom is -0.378 e. The zero-order valence-electron chi connectivity index (χ0n) is 13.6. The van der Waals surface area contributed by atoms with Crippen molar-refractivity contribution in [3.05, 3.63) is 58.5 Å². The average Bonchev–Trinajstić information content (AvgIpc) is 2.96. The quantitative estimate of drug-likeness (QED) is 0.693. The largest absolute Gasteiger partial charge is 0.416 e. The van der Waals surface area contributed by atoms with Crippen LogP contribution >= 0.6 is 11.6 Å². The zero-order chi connectivity index (χ0) is 18.2. The molecule has 0 radical (unpaired) electrons. The van der Waals surface area contributed by atoms with Crippen molar-refractivity contribution in [2.24, 2.45) is 0 Å². The predicted octanol–water partition coefficient (Wildman–Crippen LogP) is 5.14. The van der Waals surface area contributed by atoms with Crippen molar-refractivity contribution in [3.8, 4) is 0 Å². The molecule has 2 aromatic heterocycles. The lowest BCUT2D eigenvalue weighted by molar-refractivity contribution is -0.138. The van der Waals surface area contributed by atoms with Gasteiger partial charge in [0.1, 0.15) is 0 Å². The number of fused-ring (bicyclic) bond motifs is 1. The Morgan fingerprint density at radius 3 is 2.64 bits per heavy atom. The highest BCUT2D eigenvalue weighted by Crippen LogP contribution is 2.32. The third-order valence-electron chi connectivity index (χ3n) is 3.85. The molecule has 2 heterocycles. The Hall–Kier alpha value is -2.28. The van der Waals surface area contributed by atoms with Crippen molar-refractivity contribution in [3.63, 3.8) is 0 Å². The second-order valence-electron chi connectivity index (χ2n) is 5.96. The molecule has 0 aliphatic carbocycles. The lowest BCUT2D eigenvalue weighted by Crippen LogP contribution is -2.12. The van der Waals surface area contributed by atoms with E-state index in [0.29, 0.717) is 11.3 Å². The molecule has 0 spiro atoms. The Morgan fingerprint density at radius 1 is 1.24 bits per heavy atom. The second-order valence-corrected chi connectivity index (χ2v) is 6.35. The van der Waals surface area contributed by atoms with E-state index in [1.54, 1.807) is 22.8 Å². The fraction of sp³-hybridized carbons (Fsp3) is 0.294. The fourth-order valence-electron chi connectivity index (χ4n) is 2.62. The van der Waals surface area contributed by atoms with Gasteiger partial charge in [-0.25, -0.2) is 9.50 Å². The van der Waals surface area contributed by atoms with E-state index in [4.69, 9.17) is 11.6 Å². The molecule has 0 amide bonds. The van der Waals surface area contributed by atoms with Gasteiger partial charge in [0.15, 0.2) is 10.8 Å². The number of hydrogen-bond acceptors (Lipinski definition) is 3. The van der Waals surface area contributed by atoms with E-state index in [2.05, 4.69) is 15.4 Å². The van der Waals surface area contributed by atoms with Gasteiger partial charge in [-0.2, -0.15) is 18.3 Å². The van der Waals surface area contributed by atoms with Gasteiger partial charge in [0.2, 0.25) is 0 Å². The summed E-state index contributed by atoms with van der Waals surface area (Å²) in [7, 11) is 0. The molecule has 3 aromatic rings. The molecular weight excluding hydrogens is 353 g/mol. The first-order chi connectivity index (χ1) is 11.8. The van der Waals surface area contributed by atoms with E-state index in [0.717, 1.165) is 11.8 Å². The summed E-state index contributed by atoms with van der Waals surface area (Å²) < 4.78 is 40.9. The molecule has 0 bridgehead atoms. The molecule has 0 saturated carbocycles. The van der Waals surface area contributed by atoms with Crippen LogP contribution in [0.25, 0.3) is 5.65 Å². The maximum Gasteiger partial charge on any atom is 0.416 e. The highest BCUT2D eigenvalue weighted by Gasteiger charge is 2.32. The van der Waals surface area contributed by atoms with E-state index in [1.165, 1.54) is 12.1 Å². The summed E-state index contributed by atoms with van der Waals surface area (Å²) in [5.74, 6) is 0.180. The number of aromatic nitrogens is 3. The normalized spacial score (nSPS) is 12.1. The molecule has 0 saturated heterocycles. The van der Waals surface area contributed by atoms with E-state index >= 15 is 0 Å². The molecule has 25 heavy (non-hydrogen) atoms. The molecular formula is C17H16ClF3N4. The summed E-state index contributed by atoms with van der Waals surface area (Å²) in [6, 6.07) is 7.02. The van der Waals surface area contributed by atoms with Gasteiger partial charge in [0.25, 0.3) is 0 Å². The predicted molar refractivity (Wildman–Crippen MR) is 90.9 cm³/mol. The minimum absolute atomic E-state index is 0.00441.